The maximum atomic E-state index is 12.2. The zero-order chi connectivity index (χ0) is 13.6. The van der Waals surface area contributed by atoms with Crippen LogP contribution >= 0.6 is 11.6 Å². The molecule has 1 aliphatic carbocycles. The molecular weight excluding hydrogens is 264 g/mol. The monoisotopic (exact) mass is 278 g/mol. The van der Waals surface area contributed by atoms with Crippen molar-refractivity contribution in [3.05, 3.63) is 28.8 Å². The number of amides is 3. The van der Waals surface area contributed by atoms with Crippen molar-refractivity contribution >= 4 is 29.2 Å². The van der Waals surface area contributed by atoms with Gasteiger partial charge in [-0.3, -0.25) is 4.79 Å². The van der Waals surface area contributed by atoms with Crippen molar-refractivity contribution in [2.75, 3.05) is 4.90 Å². The van der Waals surface area contributed by atoms with Crippen molar-refractivity contribution < 1.29 is 9.59 Å². The van der Waals surface area contributed by atoms with Gasteiger partial charge in [0.1, 0.15) is 0 Å². The average Bonchev–Trinajstić information content (AvgIpc) is 2.30. The van der Waals surface area contributed by atoms with E-state index in [0.717, 1.165) is 24.8 Å². The van der Waals surface area contributed by atoms with E-state index in [1.165, 1.54) is 4.90 Å². The van der Waals surface area contributed by atoms with E-state index in [1.807, 2.05) is 13.0 Å². The number of halogens is 1. The van der Waals surface area contributed by atoms with E-state index in [9.17, 15) is 9.59 Å². The number of benzene rings is 1. The van der Waals surface area contributed by atoms with Crippen LogP contribution in [-0.4, -0.2) is 17.5 Å². The molecule has 1 saturated heterocycles. The number of nitrogens with one attached hydrogen (secondary N) is 1. The van der Waals surface area contributed by atoms with Crippen molar-refractivity contribution in [2.24, 2.45) is 0 Å². The summed E-state index contributed by atoms with van der Waals surface area (Å²) in [7, 11) is 0. The number of carbonyl (C=O) groups is 2. The molecule has 2 aliphatic rings. The van der Waals surface area contributed by atoms with E-state index in [2.05, 4.69) is 5.32 Å². The largest absolute Gasteiger partial charge is 0.331 e. The minimum Gasteiger partial charge on any atom is -0.331 e. The lowest BCUT2D eigenvalue weighted by atomic mass is 9.73. The number of carbonyl (C=O) groups excluding carboxylic acids is 2. The molecule has 19 heavy (non-hydrogen) atoms. The third-order valence-corrected chi connectivity index (χ3v) is 4.45. The fraction of sp³-hybridized carbons (Fsp3) is 0.429. The minimum absolute atomic E-state index is 0.150. The Morgan fingerprint density at radius 2 is 2.05 bits per heavy atom. The number of anilines is 1. The van der Waals surface area contributed by atoms with Crippen LogP contribution in [0.2, 0.25) is 5.02 Å². The summed E-state index contributed by atoms with van der Waals surface area (Å²) in [5, 5.41) is 3.52. The normalized spacial score (nSPS) is 21.3. The van der Waals surface area contributed by atoms with Gasteiger partial charge < -0.3 is 5.32 Å². The number of aryl methyl sites for hydroxylation is 1. The van der Waals surface area contributed by atoms with Gasteiger partial charge in [0.15, 0.2) is 0 Å². The van der Waals surface area contributed by atoms with Gasteiger partial charge in [0.25, 0.3) is 0 Å². The summed E-state index contributed by atoms with van der Waals surface area (Å²) in [5.41, 5.74) is 1.18. The van der Waals surface area contributed by atoms with Gasteiger partial charge in [-0.15, -0.1) is 0 Å². The molecule has 1 aromatic carbocycles. The first-order chi connectivity index (χ1) is 9.01. The van der Waals surface area contributed by atoms with Crippen LogP contribution in [0.1, 0.15) is 31.2 Å². The summed E-state index contributed by atoms with van der Waals surface area (Å²) in [6.45, 7) is 1.88. The molecule has 4 nitrogen and oxygen atoms in total. The SMILES string of the molecule is Cc1ccc(N2C(=O)CC3(CCC3)NC2=O)cc1Cl. The summed E-state index contributed by atoms with van der Waals surface area (Å²) in [4.78, 5) is 25.6. The lowest BCUT2D eigenvalue weighted by Gasteiger charge is -2.47. The number of hydrogen-bond donors (Lipinski definition) is 1. The molecule has 3 rings (SSSR count). The summed E-state index contributed by atoms with van der Waals surface area (Å²) < 4.78 is 0. The molecule has 1 aliphatic heterocycles. The van der Waals surface area contributed by atoms with Gasteiger partial charge >= 0.3 is 6.03 Å². The van der Waals surface area contributed by atoms with Crippen molar-refractivity contribution in [1.29, 1.82) is 0 Å². The van der Waals surface area contributed by atoms with Crippen molar-refractivity contribution in [2.45, 2.75) is 38.1 Å². The molecule has 100 valence electrons. The summed E-state index contributed by atoms with van der Waals surface area (Å²) in [6, 6.07) is 4.88. The predicted octanol–water partition coefficient (Wildman–Crippen LogP) is 3.02. The van der Waals surface area contributed by atoms with E-state index in [4.69, 9.17) is 11.6 Å². The molecule has 5 heteroatoms. The molecule has 2 fully saturated rings. The Morgan fingerprint density at radius 1 is 1.32 bits per heavy atom. The first-order valence-corrected chi connectivity index (χ1v) is 6.80. The van der Waals surface area contributed by atoms with Gasteiger partial charge in [0, 0.05) is 5.02 Å². The quantitative estimate of drug-likeness (QED) is 0.858. The topological polar surface area (TPSA) is 49.4 Å². The highest BCUT2D eigenvalue weighted by Gasteiger charge is 2.47. The number of imide groups is 1. The fourth-order valence-electron chi connectivity index (χ4n) is 2.70. The molecule has 0 bridgehead atoms. The third kappa shape index (κ3) is 2.00. The predicted molar refractivity (Wildman–Crippen MR) is 73.4 cm³/mol. The Kier molecular flexibility index (Phi) is 2.78. The average molecular weight is 279 g/mol. The molecule has 0 aromatic heterocycles. The van der Waals surface area contributed by atoms with E-state index >= 15 is 0 Å². The lowest BCUT2D eigenvalue weighted by molar-refractivity contribution is -0.121. The number of hydrogen-bond acceptors (Lipinski definition) is 2. The van der Waals surface area contributed by atoms with Crippen LogP contribution in [0.15, 0.2) is 18.2 Å². The Labute approximate surface area is 116 Å². The van der Waals surface area contributed by atoms with Crippen LogP contribution in [0.5, 0.6) is 0 Å². The standard InChI is InChI=1S/C14H15ClN2O2/c1-9-3-4-10(7-11(9)15)17-12(18)8-14(5-2-6-14)16-13(17)19/h3-4,7H,2,5-6,8H2,1H3,(H,16,19). The van der Waals surface area contributed by atoms with Crippen LogP contribution in [0.3, 0.4) is 0 Å². The minimum atomic E-state index is -0.337. The van der Waals surface area contributed by atoms with Crippen LogP contribution in [0.4, 0.5) is 10.5 Å². The summed E-state index contributed by atoms with van der Waals surface area (Å²) in [5.74, 6) is -0.150. The maximum absolute atomic E-state index is 12.2. The number of nitrogens with zero attached hydrogens (tertiary/aromatic N) is 1. The molecule has 0 radical (unpaired) electrons. The van der Waals surface area contributed by atoms with Crippen molar-refractivity contribution in [3.63, 3.8) is 0 Å². The van der Waals surface area contributed by atoms with E-state index < -0.39 is 0 Å². The van der Waals surface area contributed by atoms with Crippen LogP contribution in [0, 0.1) is 6.92 Å². The zero-order valence-corrected chi connectivity index (χ0v) is 11.5. The first kappa shape index (κ1) is 12.5. The molecule has 1 N–H and O–H groups in total. The van der Waals surface area contributed by atoms with Gasteiger partial charge in [-0.1, -0.05) is 17.7 Å². The Morgan fingerprint density at radius 3 is 2.58 bits per heavy atom. The lowest BCUT2D eigenvalue weighted by Crippen LogP contribution is -2.65. The van der Waals surface area contributed by atoms with Crippen LogP contribution in [0.25, 0.3) is 0 Å². The van der Waals surface area contributed by atoms with Crippen LogP contribution in [-0.2, 0) is 4.79 Å². The van der Waals surface area contributed by atoms with Gasteiger partial charge in [0.2, 0.25) is 5.91 Å². The van der Waals surface area contributed by atoms with Crippen molar-refractivity contribution in [3.8, 4) is 0 Å². The fourth-order valence-corrected chi connectivity index (χ4v) is 2.87. The Balaban J connectivity index is 1.90. The smallest absolute Gasteiger partial charge is 0.329 e. The second-order valence-electron chi connectivity index (χ2n) is 5.40. The van der Waals surface area contributed by atoms with Crippen LogP contribution < -0.4 is 10.2 Å². The van der Waals surface area contributed by atoms with Crippen molar-refractivity contribution in [1.82, 2.24) is 5.32 Å². The second-order valence-corrected chi connectivity index (χ2v) is 5.81. The summed E-state index contributed by atoms with van der Waals surface area (Å²) in [6.07, 6.45) is 3.24. The first-order valence-electron chi connectivity index (χ1n) is 6.42. The molecule has 1 spiro atoms. The molecule has 1 saturated carbocycles. The van der Waals surface area contributed by atoms with E-state index in [1.54, 1.807) is 12.1 Å². The van der Waals surface area contributed by atoms with Gasteiger partial charge in [-0.05, 0) is 43.9 Å². The highest BCUT2D eigenvalue weighted by molar-refractivity contribution is 6.32. The van der Waals surface area contributed by atoms with Gasteiger partial charge in [0.05, 0.1) is 17.6 Å². The zero-order valence-electron chi connectivity index (χ0n) is 10.7. The molecule has 0 atom stereocenters. The Hall–Kier alpha value is -1.55. The number of rotatable bonds is 1. The highest BCUT2D eigenvalue weighted by atomic mass is 35.5. The Bertz CT molecular complexity index is 547. The third-order valence-electron chi connectivity index (χ3n) is 4.04. The van der Waals surface area contributed by atoms with E-state index in [0.29, 0.717) is 17.1 Å². The molecule has 1 heterocycles. The molecule has 0 unspecified atom stereocenters. The summed E-state index contributed by atoms with van der Waals surface area (Å²) >= 11 is 6.05. The molecular formula is C14H15ClN2O2. The second kappa shape index (κ2) is 4.23. The maximum Gasteiger partial charge on any atom is 0.329 e. The van der Waals surface area contributed by atoms with Gasteiger partial charge in [-0.2, -0.15) is 0 Å². The molecule has 1 aromatic rings. The highest BCUT2D eigenvalue weighted by Crippen LogP contribution is 2.38. The number of urea groups is 1. The van der Waals surface area contributed by atoms with E-state index in [-0.39, 0.29) is 17.5 Å². The van der Waals surface area contributed by atoms with Gasteiger partial charge in [-0.25, -0.2) is 9.69 Å². The molecule has 3 amide bonds.